The Hall–Kier alpha value is -2.33. The van der Waals surface area contributed by atoms with E-state index in [1.54, 1.807) is 18.5 Å². The number of hydrogen-bond donors (Lipinski definition) is 2. The monoisotopic (exact) mass is 299 g/mol. The molecule has 4 nitrogen and oxygen atoms in total. The average Bonchev–Trinajstić information content (AvgIpc) is 2.92. The van der Waals surface area contributed by atoms with E-state index in [1.165, 1.54) is 0 Å². The summed E-state index contributed by atoms with van der Waals surface area (Å²) in [7, 11) is 0. The van der Waals surface area contributed by atoms with Crippen LogP contribution in [0.15, 0.2) is 48.8 Å². The highest BCUT2D eigenvalue weighted by Gasteiger charge is 2.05. The Kier molecular flexibility index (Phi) is 3.88. The summed E-state index contributed by atoms with van der Waals surface area (Å²) < 4.78 is 0. The molecule has 1 amide bonds. The van der Waals surface area contributed by atoms with Crippen molar-refractivity contribution in [2.45, 2.75) is 12.8 Å². The largest absolute Gasteiger partial charge is 0.345 e. The summed E-state index contributed by atoms with van der Waals surface area (Å²) >= 11 is 5.89. The number of halogens is 1. The predicted molar refractivity (Wildman–Crippen MR) is 84.5 cm³/mol. The first kappa shape index (κ1) is 13.6. The van der Waals surface area contributed by atoms with Gasteiger partial charge in [0.15, 0.2) is 0 Å². The van der Waals surface area contributed by atoms with Gasteiger partial charge < -0.3 is 10.3 Å². The fraction of sp³-hybridized carbons (Fsp3) is 0.125. The molecule has 1 heterocycles. The molecule has 0 unspecified atom stereocenters. The average molecular weight is 300 g/mol. The van der Waals surface area contributed by atoms with Crippen molar-refractivity contribution in [2.75, 3.05) is 5.32 Å². The normalized spacial score (nSPS) is 10.7. The van der Waals surface area contributed by atoms with Crippen LogP contribution in [0.1, 0.15) is 12.0 Å². The third kappa shape index (κ3) is 3.41. The first-order chi connectivity index (χ1) is 10.2. The molecule has 0 aliphatic heterocycles. The zero-order chi connectivity index (χ0) is 14.7. The van der Waals surface area contributed by atoms with Gasteiger partial charge in [0.05, 0.1) is 17.4 Å². The van der Waals surface area contributed by atoms with E-state index < -0.39 is 0 Å². The summed E-state index contributed by atoms with van der Waals surface area (Å²) in [6, 6.07) is 13.1. The maximum absolute atomic E-state index is 11.9. The maximum Gasteiger partial charge on any atom is 0.224 e. The molecule has 2 N–H and O–H groups in total. The second-order valence-electron chi connectivity index (χ2n) is 4.81. The molecule has 0 atom stereocenters. The molecule has 106 valence electrons. The lowest BCUT2D eigenvalue weighted by molar-refractivity contribution is -0.116. The van der Waals surface area contributed by atoms with Gasteiger partial charge in [-0.2, -0.15) is 0 Å². The fourth-order valence-corrected chi connectivity index (χ4v) is 2.38. The number of hydrogen-bond acceptors (Lipinski definition) is 2. The summed E-state index contributed by atoms with van der Waals surface area (Å²) in [5, 5.41) is 3.45. The second-order valence-corrected chi connectivity index (χ2v) is 5.25. The number of fused-ring (bicyclic) bond motifs is 1. The van der Waals surface area contributed by atoms with Gasteiger partial charge in [-0.15, -0.1) is 0 Å². The van der Waals surface area contributed by atoms with Crippen LogP contribution in [0.2, 0.25) is 5.02 Å². The first-order valence-electron chi connectivity index (χ1n) is 6.68. The Balaban J connectivity index is 1.60. The smallest absolute Gasteiger partial charge is 0.224 e. The summed E-state index contributed by atoms with van der Waals surface area (Å²) in [4.78, 5) is 19.2. The van der Waals surface area contributed by atoms with Crippen LogP contribution in [-0.4, -0.2) is 15.9 Å². The molecule has 3 rings (SSSR count). The van der Waals surface area contributed by atoms with Gasteiger partial charge in [0, 0.05) is 17.1 Å². The highest BCUT2D eigenvalue weighted by Crippen LogP contribution is 2.16. The molecule has 0 saturated heterocycles. The Morgan fingerprint density at radius 2 is 2.14 bits per heavy atom. The summed E-state index contributed by atoms with van der Waals surface area (Å²) in [5.41, 5.74) is 3.74. The molecule has 1 aromatic heterocycles. The number of anilines is 1. The van der Waals surface area contributed by atoms with E-state index in [1.807, 2.05) is 30.3 Å². The first-order valence-corrected chi connectivity index (χ1v) is 7.06. The number of aromatic nitrogens is 2. The minimum Gasteiger partial charge on any atom is -0.345 e. The molecule has 3 aromatic rings. The van der Waals surface area contributed by atoms with E-state index in [0.717, 1.165) is 22.3 Å². The van der Waals surface area contributed by atoms with Crippen molar-refractivity contribution in [3.63, 3.8) is 0 Å². The molecule has 0 fully saturated rings. The van der Waals surface area contributed by atoms with Crippen LogP contribution in [-0.2, 0) is 11.2 Å². The van der Waals surface area contributed by atoms with Crippen LogP contribution in [0.3, 0.4) is 0 Å². The molecular weight excluding hydrogens is 286 g/mol. The van der Waals surface area contributed by atoms with Crippen LogP contribution in [0, 0.1) is 0 Å². The number of aryl methyl sites for hydroxylation is 1. The Morgan fingerprint density at radius 3 is 3.00 bits per heavy atom. The van der Waals surface area contributed by atoms with Gasteiger partial charge in [-0.05, 0) is 42.3 Å². The molecule has 0 spiro atoms. The van der Waals surface area contributed by atoms with E-state index in [9.17, 15) is 4.79 Å². The third-order valence-corrected chi connectivity index (χ3v) is 3.47. The Morgan fingerprint density at radius 1 is 1.24 bits per heavy atom. The van der Waals surface area contributed by atoms with E-state index in [4.69, 9.17) is 11.6 Å². The van der Waals surface area contributed by atoms with Crippen LogP contribution in [0.4, 0.5) is 5.69 Å². The molecule has 5 heteroatoms. The zero-order valence-electron chi connectivity index (χ0n) is 11.3. The summed E-state index contributed by atoms with van der Waals surface area (Å²) in [6.45, 7) is 0. The molecule has 2 aromatic carbocycles. The lowest BCUT2D eigenvalue weighted by atomic mass is 10.1. The van der Waals surface area contributed by atoms with Gasteiger partial charge in [0.2, 0.25) is 5.91 Å². The molecular formula is C16H14ClN3O. The van der Waals surface area contributed by atoms with E-state index in [0.29, 0.717) is 17.9 Å². The number of H-pyrrole nitrogens is 1. The zero-order valence-corrected chi connectivity index (χ0v) is 12.0. The predicted octanol–water partition coefficient (Wildman–Crippen LogP) is 3.79. The van der Waals surface area contributed by atoms with E-state index in [2.05, 4.69) is 15.3 Å². The van der Waals surface area contributed by atoms with Crippen molar-refractivity contribution >= 4 is 34.2 Å². The number of carbonyl (C=O) groups excluding carboxylic acids is 1. The van der Waals surface area contributed by atoms with Crippen LogP contribution >= 0.6 is 11.6 Å². The van der Waals surface area contributed by atoms with Gasteiger partial charge in [0.1, 0.15) is 0 Å². The van der Waals surface area contributed by atoms with Crippen molar-refractivity contribution in [2.24, 2.45) is 0 Å². The quantitative estimate of drug-likeness (QED) is 0.770. The summed E-state index contributed by atoms with van der Waals surface area (Å²) in [6.07, 6.45) is 2.77. The van der Waals surface area contributed by atoms with Crippen molar-refractivity contribution in [3.05, 3.63) is 59.4 Å². The van der Waals surface area contributed by atoms with E-state index >= 15 is 0 Å². The molecule has 0 bridgehead atoms. The van der Waals surface area contributed by atoms with E-state index in [-0.39, 0.29) is 5.91 Å². The number of nitrogens with zero attached hydrogens (tertiary/aromatic N) is 1. The fourth-order valence-electron chi connectivity index (χ4n) is 2.19. The second kappa shape index (κ2) is 5.97. The van der Waals surface area contributed by atoms with Crippen molar-refractivity contribution in [3.8, 4) is 0 Å². The van der Waals surface area contributed by atoms with Crippen LogP contribution < -0.4 is 5.32 Å². The van der Waals surface area contributed by atoms with Crippen LogP contribution in [0.25, 0.3) is 11.0 Å². The van der Waals surface area contributed by atoms with Gasteiger partial charge in [0.25, 0.3) is 0 Å². The van der Waals surface area contributed by atoms with Gasteiger partial charge in [-0.3, -0.25) is 4.79 Å². The molecule has 21 heavy (non-hydrogen) atoms. The van der Waals surface area contributed by atoms with Crippen molar-refractivity contribution in [1.29, 1.82) is 0 Å². The topological polar surface area (TPSA) is 57.8 Å². The van der Waals surface area contributed by atoms with Crippen LogP contribution in [0.5, 0.6) is 0 Å². The van der Waals surface area contributed by atoms with Gasteiger partial charge in [-0.25, -0.2) is 4.98 Å². The third-order valence-electron chi connectivity index (χ3n) is 3.23. The van der Waals surface area contributed by atoms with Gasteiger partial charge >= 0.3 is 0 Å². The highest BCUT2D eigenvalue weighted by atomic mass is 35.5. The number of aromatic amines is 1. The number of carbonyl (C=O) groups is 1. The minimum atomic E-state index is -0.0259. The van der Waals surface area contributed by atoms with Crippen molar-refractivity contribution < 1.29 is 4.79 Å². The highest BCUT2D eigenvalue weighted by molar-refractivity contribution is 6.30. The summed E-state index contributed by atoms with van der Waals surface area (Å²) in [5.74, 6) is -0.0259. The molecule has 0 aliphatic rings. The number of imidazole rings is 1. The Labute approximate surface area is 127 Å². The lowest BCUT2D eigenvalue weighted by Crippen LogP contribution is -2.12. The maximum atomic E-state index is 11.9. The SMILES string of the molecule is O=C(CCc1ccc2nc[nH]c2c1)Nc1cccc(Cl)c1. The molecule has 0 saturated carbocycles. The molecule has 0 aliphatic carbocycles. The minimum absolute atomic E-state index is 0.0259. The number of amides is 1. The van der Waals surface area contributed by atoms with Gasteiger partial charge in [-0.1, -0.05) is 23.7 Å². The number of rotatable bonds is 4. The number of benzene rings is 2. The Bertz CT molecular complexity index is 782. The van der Waals surface area contributed by atoms with Crippen molar-refractivity contribution in [1.82, 2.24) is 9.97 Å². The number of nitrogens with one attached hydrogen (secondary N) is 2. The standard InChI is InChI=1S/C16H14ClN3O/c17-12-2-1-3-13(9-12)20-16(21)7-5-11-4-6-14-15(8-11)19-10-18-14/h1-4,6,8-10H,5,7H2,(H,18,19)(H,20,21). The lowest BCUT2D eigenvalue weighted by Gasteiger charge is -2.05. The molecule has 0 radical (unpaired) electrons.